The maximum absolute atomic E-state index is 13.6. The molecule has 3 N–H and O–H groups in total. The molecular weight excluding hydrogens is 550 g/mol. The second-order valence-electron chi connectivity index (χ2n) is 13.3. The number of aliphatic carboxylic acids is 1. The predicted molar refractivity (Wildman–Crippen MR) is 157 cm³/mol. The van der Waals surface area contributed by atoms with E-state index >= 15 is 0 Å². The molecular formula is C33H39N3O7. The number of benzene rings is 2. The van der Waals surface area contributed by atoms with Crippen molar-refractivity contribution < 1.29 is 33.8 Å². The first-order valence-electron chi connectivity index (χ1n) is 14.8. The number of Topliss-reactive ketones (excluding diaryl/α,β-unsaturated/α-hetero) is 1. The number of carboxylic acids is 1. The quantitative estimate of drug-likeness (QED) is 0.356. The number of amides is 3. The Morgan fingerprint density at radius 1 is 0.953 bits per heavy atom. The van der Waals surface area contributed by atoms with Crippen LogP contribution in [-0.2, 0) is 32.1 Å². The molecule has 0 aromatic heterocycles. The largest absolute Gasteiger partial charge is 0.480 e. The number of nitrogens with zero attached hydrogens (tertiary/aromatic N) is 1. The molecule has 3 aliphatic carbocycles. The van der Waals surface area contributed by atoms with Gasteiger partial charge in [-0.2, -0.15) is 0 Å². The number of hydrogen-bond donors (Lipinski definition) is 3. The molecule has 4 aliphatic rings. The fraction of sp³-hybridized carbons (Fsp3) is 0.485. The van der Waals surface area contributed by atoms with E-state index in [2.05, 4.69) is 10.6 Å². The summed E-state index contributed by atoms with van der Waals surface area (Å²) in [5, 5.41) is 15.7. The topological polar surface area (TPSA) is 142 Å². The molecule has 2 bridgehead atoms. The molecule has 10 heteroatoms. The van der Waals surface area contributed by atoms with Crippen LogP contribution in [-0.4, -0.2) is 62.9 Å². The second-order valence-corrected chi connectivity index (χ2v) is 13.3. The molecule has 2 aromatic carbocycles. The molecule has 43 heavy (non-hydrogen) atoms. The molecule has 1 aliphatic heterocycles. The van der Waals surface area contributed by atoms with Crippen molar-refractivity contribution in [2.24, 2.45) is 5.41 Å². The standard InChI is InChI=1S/C33H39N3O7/c1-31(2,3)43-30(42)35-33-18-32(19-33,20-33)16-24(29(40)41)34-28(39)25-15-22-11-7-8-12-23(22)17-36(25)27(38)14-13-26(37)21-9-5-4-6-10-21/h4-12,24-25H,13-20H2,1-3H3,(H,34,39)(H,35,42)(H,40,41). The summed E-state index contributed by atoms with van der Waals surface area (Å²) in [5.74, 6) is -2.16. The Balaban J connectivity index is 1.22. The predicted octanol–water partition coefficient (Wildman–Crippen LogP) is 4.01. The third-order valence-electron chi connectivity index (χ3n) is 8.69. The van der Waals surface area contributed by atoms with Gasteiger partial charge in [-0.25, -0.2) is 9.59 Å². The summed E-state index contributed by atoms with van der Waals surface area (Å²) in [5.41, 5.74) is 1.08. The molecule has 2 aromatic rings. The Kier molecular flexibility index (Phi) is 8.07. The van der Waals surface area contributed by atoms with Crippen LogP contribution in [0.1, 0.15) is 80.8 Å². The first kappa shape index (κ1) is 30.3. The van der Waals surface area contributed by atoms with Gasteiger partial charge >= 0.3 is 12.1 Å². The number of ether oxygens (including phenoxy) is 1. The van der Waals surface area contributed by atoms with Gasteiger partial charge in [-0.1, -0.05) is 54.6 Å². The monoisotopic (exact) mass is 589 g/mol. The van der Waals surface area contributed by atoms with Gasteiger partial charge in [0.1, 0.15) is 17.7 Å². The summed E-state index contributed by atoms with van der Waals surface area (Å²) in [6.07, 6.45) is 1.81. The Morgan fingerprint density at radius 2 is 1.58 bits per heavy atom. The van der Waals surface area contributed by atoms with Gasteiger partial charge < -0.3 is 25.4 Å². The lowest BCUT2D eigenvalue weighted by molar-refractivity contribution is -0.170. The Bertz CT molecular complexity index is 1410. The number of fused-ring (bicyclic) bond motifs is 1. The number of hydrogen-bond acceptors (Lipinski definition) is 6. The fourth-order valence-corrected chi connectivity index (χ4v) is 6.92. The van der Waals surface area contributed by atoms with Crippen LogP contribution in [0.3, 0.4) is 0 Å². The minimum Gasteiger partial charge on any atom is -0.480 e. The summed E-state index contributed by atoms with van der Waals surface area (Å²) < 4.78 is 5.36. The Morgan fingerprint density at radius 3 is 2.21 bits per heavy atom. The van der Waals surface area contributed by atoms with Crippen molar-refractivity contribution in [1.29, 1.82) is 0 Å². The van der Waals surface area contributed by atoms with Gasteiger partial charge in [0.15, 0.2) is 5.78 Å². The molecule has 3 fully saturated rings. The molecule has 3 amide bonds. The van der Waals surface area contributed by atoms with Crippen molar-refractivity contribution in [1.82, 2.24) is 15.5 Å². The molecule has 0 spiro atoms. The van der Waals surface area contributed by atoms with E-state index in [1.54, 1.807) is 45.0 Å². The van der Waals surface area contributed by atoms with E-state index in [0.717, 1.165) is 11.1 Å². The minimum atomic E-state index is -1.14. The van der Waals surface area contributed by atoms with Crippen molar-refractivity contribution >= 4 is 29.7 Å². The van der Waals surface area contributed by atoms with Crippen molar-refractivity contribution in [2.75, 3.05) is 0 Å². The third-order valence-corrected chi connectivity index (χ3v) is 8.69. The molecule has 2 atom stereocenters. The number of carbonyl (C=O) groups excluding carboxylic acids is 4. The van der Waals surface area contributed by atoms with Gasteiger partial charge in [0, 0.05) is 36.9 Å². The van der Waals surface area contributed by atoms with Crippen LogP contribution in [0.2, 0.25) is 0 Å². The van der Waals surface area contributed by atoms with Gasteiger partial charge in [0.05, 0.1) is 0 Å². The normalized spacial score (nSPS) is 24.3. The van der Waals surface area contributed by atoms with Crippen molar-refractivity contribution in [3.63, 3.8) is 0 Å². The molecule has 228 valence electrons. The van der Waals surface area contributed by atoms with E-state index in [1.165, 1.54) is 4.90 Å². The van der Waals surface area contributed by atoms with Crippen LogP contribution in [0.15, 0.2) is 54.6 Å². The molecule has 2 unspecified atom stereocenters. The van der Waals surface area contributed by atoms with E-state index in [-0.39, 0.29) is 54.9 Å². The van der Waals surface area contributed by atoms with E-state index in [1.807, 2.05) is 30.3 Å². The number of carbonyl (C=O) groups is 5. The fourth-order valence-electron chi connectivity index (χ4n) is 6.92. The zero-order valence-corrected chi connectivity index (χ0v) is 24.9. The summed E-state index contributed by atoms with van der Waals surface area (Å²) in [6.45, 7) is 5.58. The lowest BCUT2D eigenvalue weighted by atomic mass is 9.38. The smallest absolute Gasteiger partial charge is 0.408 e. The molecule has 0 saturated heterocycles. The highest BCUT2D eigenvalue weighted by atomic mass is 16.6. The van der Waals surface area contributed by atoms with Crippen LogP contribution in [0, 0.1) is 5.41 Å². The molecule has 3 saturated carbocycles. The summed E-state index contributed by atoms with van der Waals surface area (Å²) in [7, 11) is 0. The van der Waals surface area contributed by atoms with Gasteiger partial charge in [-0.3, -0.25) is 14.4 Å². The molecule has 1 heterocycles. The van der Waals surface area contributed by atoms with Gasteiger partial charge in [-0.15, -0.1) is 0 Å². The molecule has 0 radical (unpaired) electrons. The molecule has 6 rings (SSSR count). The Hall–Kier alpha value is -4.21. The van der Waals surface area contributed by atoms with E-state index in [0.29, 0.717) is 24.8 Å². The number of nitrogens with one attached hydrogen (secondary N) is 2. The highest BCUT2D eigenvalue weighted by Gasteiger charge is 2.69. The van der Waals surface area contributed by atoms with Crippen LogP contribution >= 0.6 is 0 Å². The van der Waals surface area contributed by atoms with Gasteiger partial charge in [0.25, 0.3) is 0 Å². The van der Waals surface area contributed by atoms with Gasteiger partial charge in [0.2, 0.25) is 11.8 Å². The van der Waals surface area contributed by atoms with Crippen molar-refractivity contribution in [3.8, 4) is 0 Å². The van der Waals surface area contributed by atoms with E-state index < -0.39 is 35.7 Å². The highest BCUT2D eigenvalue weighted by molar-refractivity contribution is 5.98. The van der Waals surface area contributed by atoms with Crippen LogP contribution in [0.25, 0.3) is 0 Å². The van der Waals surface area contributed by atoms with Crippen LogP contribution < -0.4 is 10.6 Å². The number of rotatable bonds is 10. The van der Waals surface area contributed by atoms with Crippen LogP contribution in [0.4, 0.5) is 4.79 Å². The summed E-state index contributed by atoms with van der Waals surface area (Å²) >= 11 is 0. The Labute approximate surface area is 251 Å². The zero-order chi connectivity index (χ0) is 31.0. The van der Waals surface area contributed by atoms with E-state index in [9.17, 15) is 29.1 Å². The number of carboxylic acid groups (broad SMARTS) is 1. The van der Waals surface area contributed by atoms with Gasteiger partial charge in [-0.05, 0) is 63.0 Å². The zero-order valence-electron chi connectivity index (χ0n) is 24.9. The lowest BCUT2D eigenvalue weighted by Crippen LogP contribution is -2.76. The third kappa shape index (κ3) is 6.73. The average molecular weight is 590 g/mol. The van der Waals surface area contributed by atoms with Crippen molar-refractivity contribution in [3.05, 3.63) is 71.3 Å². The molecule has 10 nitrogen and oxygen atoms in total. The first-order chi connectivity index (χ1) is 20.3. The maximum atomic E-state index is 13.6. The van der Waals surface area contributed by atoms with E-state index in [4.69, 9.17) is 4.74 Å². The minimum absolute atomic E-state index is 0.00862. The SMILES string of the molecule is CC(C)(C)OC(=O)NC12CC(CC(NC(=O)C3Cc4ccccc4CN3C(=O)CCC(=O)c3ccccc3)C(=O)O)(C1)C2. The average Bonchev–Trinajstić information content (AvgIpc) is 2.91. The van der Waals surface area contributed by atoms with Crippen molar-refractivity contribution in [2.45, 2.75) is 95.5 Å². The summed E-state index contributed by atoms with van der Waals surface area (Å²) in [4.78, 5) is 65.7. The first-order valence-corrected chi connectivity index (χ1v) is 14.8. The lowest BCUT2D eigenvalue weighted by Gasteiger charge is -2.71. The summed E-state index contributed by atoms with van der Waals surface area (Å²) in [6, 6.07) is 14.3. The second kappa shape index (κ2) is 11.5. The van der Waals surface area contributed by atoms with Crippen LogP contribution in [0.5, 0.6) is 0 Å². The maximum Gasteiger partial charge on any atom is 0.408 e. The highest BCUT2D eigenvalue weighted by Crippen LogP contribution is 2.69. The number of ketones is 1. The number of alkyl carbamates (subject to hydrolysis) is 1.